The maximum atomic E-state index is 6.03. The largest absolute Gasteiger partial charge is 0.382 e. The van der Waals surface area contributed by atoms with Crippen LogP contribution in [0.15, 0.2) is 29.3 Å². The van der Waals surface area contributed by atoms with Crippen molar-refractivity contribution in [3.05, 3.63) is 35.4 Å². The predicted molar refractivity (Wildman–Crippen MR) is 120 cm³/mol. The molecule has 0 bridgehead atoms. The summed E-state index contributed by atoms with van der Waals surface area (Å²) >= 11 is 0. The fourth-order valence-corrected chi connectivity index (χ4v) is 3.00. The molecule has 1 N–H and O–H groups in total. The molecule has 0 radical (unpaired) electrons. The molecule has 0 aliphatic carbocycles. The monoisotopic (exact) mass is 491 g/mol. The van der Waals surface area contributed by atoms with Gasteiger partial charge in [0.05, 0.1) is 26.4 Å². The summed E-state index contributed by atoms with van der Waals surface area (Å²) in [5.74, 6) is 0.964. The Hall–Kier alpha value is -0.900. The SMILES string of the molecule is CCNC(=NCCCOCCOC)N1CCOC(c2ccccc2C)C1.I. The Labute approximate surface area is 180 Å². The van der Waals surface area contributed by atoms with E-state index in [1.165, 1.54) is 11.1 Å². The molecule has 1 aliphatic heterocycles. The Morgan fingerprint density at radius 3 is 2.85 bits per heavy atom. The predicted octanol–water partition coefficient (Wildman–Crippen LogP) is 3.00. The first-order valence-electron chi connectivity index (χ1n) is 9.53. The lowest BCUT2D eigenvalue weighted by atomic mass is 10.0. The van der Waals surface area contributed by atoms with Crippen LogP contribution in [0, 0.1) is 6.92 Å². The summed E-state index contributed by atoms with van der Waals surface area (Å²) in [5, 5.41) is 3.41. The molecule has 1 unspecified atom stereocenters. The number of morpholine rings is 1. The van der Waals surface area contributed by atoms with Crippen molar-refractivity contribution in [2.24, 2.45) is 4.99 Å². The molecule has 1 atom stereocenters. The third-order valence-electron chi connectivity index (χ3n) is 4.38. The maximum absolute atomic E-state index is 6.03. The van der Waals surface area contributed by atoms with E-state index in [9.17, 15) is 0 Å². The van der Waals surface area contributed by atoms with E-state index in [-0.39, 0.29) is 30.1 Å². The minimum Gasteiger partial charge on any atom is -0.382 e. The van der Waals surface area contributed by atoms with Crippen LogP contribution in [0.5, 0.6) is 0 Å². The van der Waals surface area contributed by atoms with Crippen LogP contribution in [0.3, 0.4) is 0 Å². The zero-order chi connectivity index (χ0) is 18.6. The molecular weight excluding hydrogens is 457 g/mol. The summed E-state index contributed by atoms with van der Waals surface area (Å²) in [6.07, 6.45) is 0.996. The number of halogens is 1. The van der Waals surface area contributed by atoms with Crippen molar-refractivity contribution in [1.82, 2.24) is 10.2 Å². The Balaban J connectivity index is 0.00000364. The number of guanidine groups is 1. The van der Waals surface area contributed by atoms with Gasteiger partial charge in [-0.25, -0.2) is 0 Å². The summed E-state index contributed by atoms with van der Waals surface area (Å²) < 4.78 is 16.5. The quantitative estimate of drug-likeness (QED) is 0.249. The molecule has 1 aromatic rings. The molecule has 0 spiro atoms. The van der Waals surface area contributed by atoms with Gasteiger partial charge in [0.15, 0.2) is 5.96 Å². The van der Waals surface area contributed by atoms with Gasteiger partial charge in [0.2, 0.25) is 0 Å². The third kappa shape index (κ3) is 8.33. The van der Waals surface area contributed by atoms with Gasteiger partial charge >= 0.3 is 0 Å². The summed E-state index contributed by atoms with van der Waals surface area (Å²) in [7, 11) is 1.68. The van der Waals surface area contributed by atoms with Crippen molar-refractivity contribution in [2.75, 3.05) is 59.7 Å². The van der Waals surface area contributed by atoms with Gasteiger partial charge in [-0.05, 0) is 31.4 Å². The van der Waals surface area contributed by atoms with Crippen molar-refractivity contribution < 1.29 is 14.2 Å². The molecule has 154 valence electrons. The van der Waals surface area contributed by atoms with Gasteiger partial charge in [-0.3, -0.25) is 4.99 Å². The molecule has 1 saturated heterocycles. The molecule has 0 aromatic heterocycles. The van der Waals surface area contributed by atoms with E-state index >= 15 is 0 Å². The Bertz CT molecular complexity index is 557. The molecule has 0 amide bonds. The highest BCUT2D eigenvalue weighted by Gasteiger charge is 2.24. The molecule has 7 heteroatoms. The standard InChI is InChI=1S/C20H33N3O3.HI/c1-4-21-20(22-10-7-12-25-15-14-24-3)23-11-13-26-19(16-23)18-9-6-5-8-17(18)2;/h5-6,8-9,19H,4,7,10-16H2,1-3H3,(H,21,22);1H. The van der Waals surface area contributed by atoms with Gasteiger partial charge in [0.1, 0.15) is 6.10 Å². The van der Waals surface area contributed by atoms with Crippen LogP contribution in [-0.4, -0.2) is 70.6 Å². The third-order valence-corrected chi connectivity index (χ3v) is 4.38. The van der Waals surface area contributed by atoms with Crippen LogP contribution in [0.1, 0.15) is 30.6 Å². The van der Waals surface area contributed by atoms with E-state index < -0.39 is 0 Å². The lowest BCUT2D eigenvalue weighted by molar-refractivity contribution is -0.00834. The topological polar surface area (TPSA) is 55.3 Å². The van der Waals surface area contributed by atoms with Gasteiger partial charge < -0.3 is 24.4 Å². The highest BCUT2D eigenvalue weighted by Crippen LogP contribution is 2.24. The smallest absolute Gasteiger partial charge is 0.194 e. The van der Waals surface area contributed by atoms with E-state index in [4.69, 9.17) is 19.2 Å². The zero-order valence-corrected chi connectivity index (χ0v) is 19.1. The van der Waals surface area contributed by atoms with E-state index in [2.05, 4.69) is 48.3 Å². The lowest BCUT2D eigenvalue weighted by Gasteiger charge is -2.35. The number of nitrogens with zero attached hydrogens (tertiary/aromatic N) is 2. The van der Waals surface area contributed by atoms with Gasteiger partial charge in [-0.2, -0.15) is 0 Å². The normalized spacial score (nSPS) is 17.5. The van der Waals surface area contributed by atoms with Crippen molar-refractivity contribution in [1.29, 1.82) is 0 Å². The molecule has 1 fully saturated rings. The number of nitrogens with one attached hydrogen (secondary N) is 1. The molecule has 1 aliphatic rings. The van der Waals surface area contributed by atoms with E-state index in [1.807, 2.05) is 0 Å². The van der Waals surface area contributed by atoms with Crippen molar-refractivity contribution in [3.63, 3.8) is 0 Å². The number of aliphatic imine (C=N–C) groups is 1. The molecule has 2 rings (SSSR count). The van der Waals surface area contributed by atoms with Crippen molar-refractivity contribution >= 4 is 29.9 Å². The second-order valence-electron chi connectivity index (χ2n) is 6.36. The van der Waals surface area contributed by atoms with Gasteiger partial charge in [-0.1, -0.05) is 24.3 Å². The zero-order valence-electron chi connectivity index (χ0n) is 16.8. The maximum Gasteiger partial charge on any atom is 0.194 e. The van der Waals surface area contributed by atoms with Crippen LogP contribution in [0.25, 0.3) is 0 Å². The second-order valence-corrected chi connectivity index (χ2v) is 6.36. The summed E-state index contributed by atoms with van der Waals surface area (Å²) in [6, 6.07) is 8.44. The van der Waals surface area contributed by atoms with Crippen LogP contribution < -0.4 is 5.32 Å². The fraction of sp³-hybridized carbons (Fsp3) is 0.650. The van der Waals surface area contributed by atoms with Crippen LogP contribution >= 0.6 is 24.0 Å². The number of hydrogen-bond acceptors (Lipinski definition) is 4. The van der Waals surface area contributed by atoms with Gasteiger partial charge in [0, 0.05) is 33.4 Å². The molecule has 1 aromatic carbocycles. The van der Waals surface area contributed by atoms with E-state index in [0.29, 0.717) is 26.4 Å². The lowest BCUT2D eigenvalue weighted by Crippen LogP contribution is -2.48. The number of methoxy groups -OCH3 is 1. The average molecular weight is 491 g/mol. The minimum absolute atomic E-state index is 0. The highest BCUT2D eigenvalue weighted by molar-refractivity contribution is 14.0. The van der Waals surface area contributed by atoms with Crippen molar-refractivity contribution in [2.45, 2.75) is 26.4 Å². The Kier molecular flexibility index (Phi) is 12.6. The van der Waals surface area contributed by atoms with Crippen LogP contribution in [-0.2, 0) is 14.2 Å². The number of hydrogen-bond donors (Lipinski definition) is 1. The van der Waals surface area contributed by atoms with Crippen LogP contribution in [0.2, 0.25) is 0 Å². The first-order chi connectivity index (χ1) is 12.8. The van der Waals surface area contributed by atoms with Gasteiger partial charge in [0.25, 0.3) is 0 Å². The first kappa shape index (κ1) is 24.1. The van der Waals surface area contributed by atoms with Gasteiger partial charge in [-0.15, -0.1) is 24.0 Å². The minimum atomic E-state index is 0. The van der Waals surface area contributed by atoms with Crippen LogP contribution in [0.4, 0.5) is 0 Å². The molecule has 1 heterocycles. The summed E-state index contributed by atoms with van der Waals surface area (Å²) in [5.41, 5.74) is 2.54. The molecule has 6 nitrogen and oxygen atoms in total. The summed E-state index contributed by atoms with van der Waals surface area (Å²) in [4.78, 5) is 7.07. The van der Waals surface area contributed by atoms with E-state index in [1.54, 1.807) is 7.11 Å². The first-order valence-corrected chi connectivity index (χ1v) is 9.53. The number of rotatable bonds is 9. The van der Waals surface area contributed by atoms with E-state index in [0.717, 1.165) is 38.6 Å². The number of benzene rings is 1. The molecule has 27 heavy (non-hydrogen) atoms. The Morgan fingerprint density at radius 2 is 2.11 bits per heavy atom. The number of aryl methyl sites for hydroxylation is 1. The highest BCUT2D eigenvalue weighted by atomic mass is 127. The Morgan fingerprint density at radius 1 is 1.30 bits per heavy atom. The number of ether oxygens (including phenoxy) is 3. The molecule has 0 saturated carbocycles. The molecular formula is C20H34IN3O3. The second kappa shape index (κ2) is 14.1. The average Bonchev–Trinajstić information content (AvgIpc) is 2.67. The fourth-order valence-electron chi connectivity index (χ4n) is 3.00. The van der Waals surface area contributed by atoms with Crippen molar-refractivity contribution in [3.8, 4) is 0 Å². The summed E-state index contributed by atoms with van der Waals surface area (Å²) in [6.45, 7) is 10.2.